The van der Waals surface area contributed by atoms with Crippen molar-refractivity contribution in [2.75, 3.05) is 26.2 Å². The van der Waals surface area contributed by atoms with E-state index in [9.17, 15) is 4.79 Å². The fraction of sp³-hybridized carbons (Fsp3) is 0.562. The Balaban J connectivity index is 1.70. The Bertz CT molecular complexity index is 471. The molecule has 0 unspecified atom stereocenters. The maximum Gasteiger partial charge on any atom is 0.275 e. The van der Waals surface area contributed by atoms with E-state index in [0.717, 1.165) is 30.1 Å². The van der Waals surface area contributed by atoms with Gasteiger partial charge < -0.3 is 15.0 Å². The van der Waals surface area contributed by atoms with E-state index in [4.69, 9.17) is 16.3 Å². The molecule has 0 spiro atoms. The van der Waals surface area contributed by atoms with Gasteiger partial charge in [0.25, 0.3) is 5.91 Å². The van der Waals surface area contributed by atoms with Crippen molar-refractivity contribution < 1.29 is 14.4 Å². The van der Waals surface area contributed by atoms with E-state index in [1.165, 1.54) is 4.90 Å². The van der Waals surface area contributed by atoms with Gasteiger partial charge in [-0.3, -0.25) is 4.79 Å². The molecule has 1 amide bonds. The number of quaternary nitrogens is 1. The molecule has 21 heavy (non-hydrogen) atoms. The molecule has 1 heterocycles. The summed E-state index contributed by atoms with van der Waals surface area (Å²) in [5, 5.41) is 3.72. The van der Waals surface area contributed by atoms with Crippen molar-refractivity contribution in [1.29, 1.82) is 0 Å². The smallest absolute Gasteiger partial charge is 0.275 e. The molecule has 2 atom stereocenters. The van der Waals surface area contributed by atoms with Gasteiger partial charge in [0.1, 0.15) is 25.3 Å². The first-order valence-corrected chi connectivity index (χ1v) is 7.91. The quantitative estimate of drug-likeness (QED) is 0.840. The molecule has 0 bridgehead atoms. The molecule has 4 nitrogen and oxygen atoms in total. The summed E-state index contributed by atoms with van der Waals surface area (Å²) < 4.78 is 5.68. The minimum absolute atomic E-state index is 0.105. The van der Waals surface area contributed by atoms with E-state index in [1.807, 2.05) is 24.3 Å². The molecule has 1 fully saturated rings. The van der Waals surface area contributed by atoms with E-state index in [0.29, 0.717) is 13.1 Å². The van der Waals surface area contributed by atoms with Gasteiger partial charge in [-0.1, -0.05) is 23.7 Å². The molecule has 2 N–H and O–H groups in total. The molecule has 116 valence electrons. The predicted molar refractivity (Wildman–Crippen MR) is 83.7 cm³/mol. The highest BCUT2D eigenvalue weighted by atomic mass is 35.5. The Morgan fingerprint density at radius 2 is 2.10 bits per heavy atom. The van der Waals surface area contributed by atoms with Crippen LogP contribution in [0, 0.1) is 0 Å². The van der Waals surface area contributed by atoms with Crippen LogP contribution in [-0.2, 0) is 16.0 Å². The number of rotatable bonds is 5. The van der Waals surface area contributed by atoms with E-state index >= 15 is 0 Å². The molecule has 0 aromatic heterocycles. The van der Waals surface area contributed by atoms with Crippen LogP contribution < -0.4 is 10.2 Å². The van der Waals surface area contributed by atoms with Crippen LogP contribution in [0.15, 0.2) is 24.3 Å². The van der Waals surface area contributed by atoms with Crippen molar-refractivity contribution in [3.05, 3.63) is 34.9 Å². The maximum absolute atomic E-state index is 12.0. The number of morpholine rings is 1. The van der Waals surface area contributed by atoms with Crippen molar-refractivity contribution in [3.8, 4) is 0 Å². The lowest BCUT2D eigenvalue weighted by atomic mass is 10.1. The molecule has 2 rings (SSSR count). The van der Waals surface area contributed by atoms with Gasteiger partial charge in [0.2, 0.25) is 0 Å². The van der Waals surface area contributed by atoms with Crippen LogP contribution in [0.1, 0.15) is 19.4 Å². The first-order valence-electron chi connectivity index (χ1n) is 7.53. The number of ether oxygens (including phenoxy) is 1. The van der Waals surface area contributed by atoms with Gasteiger partial charge in [-0.05, 0) is 38.0 Å². The largest absolute Gasteiger partial charge is 0.364 e. The minimum Gasteiger partial charge on any atom is -0.364 e. The second-order valence-electron chi connectivity index (χ2n) is 5.82. The average Bonchev–Trinajstić information content (AvgIpc) is 2.37. The van der Waals surface area contributed by atoms with Crippen LogP contribution in [0.25, 0.3) is 0 Å². The Morgan fingerprint density at radius 3 is 2.76 bits per heavy atom. The highest BCUT2D eigenvalue weighted by molar-refractivity contribution is 6.30. The number of carbonyl (C=O) groups is 1. The highest BCUT2D eigenvalue weighted by Crippen LogP contribution is 2.10. The SMILES string of the molecule is C[C@@H]1C[NH+](CC(=O)NCCc2cccc(Cl)c2)C[C@@H](C)O1. The summed E-state index contributed by atoms with van der Waals surface area (Å²) in [6, 6.07) is 7.74. The monoisotopic (exact) mass is 311 g/mol. The van der Waals surface area contributed by atoms with E-state index in [1.54, 1.807) is 0 Å². The summed E-state index contributed by atoms with van der Waals surface area (Å²) in [4.78, 5) is 13.3. The number of amides is 1. The van der Waals surface area contributed by atoms with Crippen molar-refractivity contribution >= 4 is 17.5 Å². The molecule has 0 radical (unpaired) electrons. The third-order valence-electron chi connectivity index (χ3n) is 3.65. The molecule has 0 saturated carbocycles. The van der Waals surface area contributed by atoms with Gasteiger partial charge in [0.05, 0.1) is 0 Å². The molecule has 5 heteroatoms. The molecular weight excluding hydrogens is 288 g/mol. The first-order chi connectivity index (χ1) is 10.0. The van der Waals surface area contributed by atoms with Crippen LogP contribution in [-0.4, -0.2) is 44.3 Å². The standard InChI is InChI=1S/C16H23ClN2O2/c1-12-9-19(10-13(2)21-12)11-16(20)18-7-6-14-4-3-5-15(17)8-14/h3-5,8,12-13H,6-7,9-11H2,1-2H3,(H,18,20)/p+1/t12-,13-/m1/s1. The van der Waals surface area contributed by atoms with Gasteiger partial charge in [0.15, 0.2) is 6.54 Å². The Hall–Kier alpha value is -1.10. The van der Waals surface area contributed by atoms with Crippen LogP contribution in [0.2, 0.25) is 5.02 Å². The Kier molecular flexibility index (Phi) is 6.03. The summed E-state index contributed by atoms with van der Waals surface area (Å²) in [5.41, 5.74) is 1.14. The van der Waals surface area contributed by atoms with Crippen molar-refractivity contribution in [2.45, 2.75) is 32.5 Å². The van der Waals surface area contributed by atoms with Crippen LogP contribution in [0.5, 0.6) is 0 Å². The van der Waals surface area contributed by atoms with Gasteiger partial charge in [-0.25, -0.2) is 0 Å². The molecule has 1 saturated heterocycles. The normalized spacial score (nSPS) is 25.6. The fourth-order valence-electron chi connectivity index (χ4n) is 2.86. The minimum atomic E-state index is 0.105. The molecule has 1 aromatic rings. The lowest BCUT2D eigenvalue weighted by molar-refractivity contribution is -0.907. The third-order valence-corrected chi connectivity index (χ3v) is 3.89. The average molecular weight is 312 g/mol. The van der Waals surface area contributed by atoms with E-state index in [2.05, 4.69) is 19.2 Å². The van der Waals surface area contributed by atoms with Gasteiger partial charge in [-0.2, -0.15) is 0 Å². The molecule has 0 aliphatic carbocycles. The van der Waals surface area contributed by atoms with Crippen molar-refractivity contribution in [1.82, 2.24) is 5.32 Å². The lowest BCUT2D eigenvalue weighted by Crippen LogP contribution is -3.16. The second kappa shape index (κ2) is 7.78. The summed E-state index contributed by atoms with van der Waals surface area (Å²) in [5.74, 6) is 0.105. The molecule has 1 aliphatic heterocycles. The second-order valence-corrected chi connectivity index (χ2v) is 6.26. The maximum atomic E-state index is 12.0. The zero-order chi connectivity index (χ0) is 15.2. The Labute approximate surface area is 131 Å². The number of carbonyl (C=O) groups excluding carboxylic acids is 1. The predicted octanol–water partition coefficient (Wildman–Crippen LogP) is 0.691. The lowest BCUT2D eigenvalue weighted by Gasteiger charge is -2.31. The Morgan fingerprint density at radius 1 is 1.38 bits per heavy atom. The number of hydrogen-bond donors (Lipinski definition) is 2. The van der Waals surface area contributed by atoms with Crippen molar-refractivity contribution in [3.63, 3.8) is 0 Å². The molecule has 1 aromatic carbocycles. The summed E-state index contributed by atoms with van der Waals surface area (Å²) in [7, 11) is 0. The fourth-order valence-corrected chi connectivity index (χ4v) is 3.07. The van der Waals surface area contributed by atoms with Gasteiger partial charge >= 0.3 is 0 Å². The summed E-state index contributed by atoms with van der Waals surface area (Å²) in [6.07, 6.45) is 1.25. The molecule has 1 aliphatic rings. The zero-order valence-corrected chi connectivity index (χ0v) is 13.5. The van der Waals surface area contributed by atoms with E-state index < -0.39 is 0 Å². The van der Waals surface area contributed by atoms with Crippen LogP contribution in [0.4, 0.5) is 0 Å². The van der Waals surface area contributed by atoms with Gasteiger partial charge in [0, 0.05) is 11.6 Å². The first kappa shape index (κ1) is 16.3. The zero-order valence-electron chi connectivity index (χ0n) is 12.7. The highest BCUT2D eigenvalue weighted by Gasteiger charge is 2.26. The van der Waals surface area contributed by atoms with E-state index in [-0.39, 0.29) is 18.1 Å². The van der Waals surface area contributed by atoms with Crippen molar-refractivity contribution in [2.24, 2.45) is 0 Å². The number of hydrogen-bond acceptors (Lipinski definition) is 2. The summed E-state index contributed by atoms with van der Waals surface area (Å²) in [6.45, 7) is 7.08. The third kappa shape index (κ3) is 5.65. The number of benzene rings is 1. The number of halogens is 1. The molecular formula is C16H24ClN2O2+. The van der Waals surface area contributed by atoms with Gasteiger partial charge in [-0.15, -0.1) is 0 Å². The van der Waals surface area contributed by atoms with Crippen LogP contribution >= 0.6 is 11.6 Å². The summed E-state index contributed by atoms with van der Waals surface area (Å²) >= 11 is 5.94. The topological polar surface area (TPSA) is 42.8 Å². The van der Waals surface area contributed by atoms with Crippen LogP contribution in [0.3, 0.4) is 0 Å². The number of nitrogens with one attached hydrogen (secondary N) is 2.